The van der Waals surface area contributed by atoms with Gasteiger partial charge in [0, 0.05) is 42.3 Å². The number of carbonyl (C=O) groups excluding carboxylic acids is 1. The first-order valence-electron chi connectivity index (χ1n) is 11.0. The molecule has 4 aromatic rings. The summed E-state index contributed by atoms with van der Waals surface area (Å²) in [6.07, 6.45) is 0.148. The van der Waals surface area contributed by atoms with Crippen molar-refractivity contribution in [3.8, 4) is 22.8 Å². The molecular formula is C25H23F3N6O2. The molecule has 0 bridgehead atoms. The van der Waals surface area contributed by atoms with Crippen molar-refractivity contribution in [2.24, 2.45) is 0 Å². The van der Waals surface area contributed by atoms with Crippen LogP contribution < -0.4 is 10.1 Å². The summed E-state index contributed by atoms with van der Waals surface area (Å²) in [5.41, 5.74) is 2.79. The van der Waals surface area contributed by atoms with Gasteiger partial charge in [0.05, 0.1) is 5.69 Å². The van der Waals surface area contributed by atoms with Crippen LogP contribution in [0.1, 0.15) is 19.4 Å². The number of anilines is 1. The van der Waals surface area contributed by atoms with Crippen molar-refractivity contribution in [1.82, 2.24) is 24.6 Å². The van der Waals surface area contributed by atoms with Crippen LogP contribution in [-0.2, 0) is 6.54 Å². The Morgan fingerprint density at radius 1 is 1.08 bits per heavy atom. The minimum Gasteiger partial charge on any atom is -0.406 e. The fourth-order valence-corrected chi connectivity index (χ4v) is 3.48. The molecule has 0 fully saturated rings. The van der Waals surface area contributed by atoms with Gasteiger partial charge in [-0.1, -0.05) is 18.2 Å². The molecule has 0 saturated carbocycles. The normalized spacial score (nSPS) is 11.4. The number of urea groups is 1. The van der Waals surface area contributed by atoms with Crippen LogP contribution in [0.5, 0.6) is 5.75 Å². The van der Waals surface area contributed by atoms with Crippen LogP contribution in [0.3, 0.4) is 0 Å². The third-order valence-electron chi connectivity index (χ3n) is 5.19. The van der Waals surface area contributed by atoms with Crippen molar-refractivity contribution in [1.29, 1.82) is 0 Å². The summed E-state index contributed by atoms with van der Waals surface area (Å²) in [4.78, 5) is 23.2. The van der Waals surface area contributed by atoms with Crippen molar-refractivity contribution < 1.29 is 22.7 Å². The van der Waals surface area contributed by atoms with E-state index in [2.05, 4.69) is 25.1 Å². The Morgan fingerprint density at radius 2 is 1.86 bits per heavy atom. The van der Waals surface area contributed by atoms with Crippen LogP contribution in [0.4, 0.5) is 23.7 Å². The topological polar surface area (TPSA) is 85.2 Å². The Kier molecular flexibility index (Phi) is 7.18. The van der Waals surface area contributed by atoms with Crippen LogP contribution in [0, 0.1) is 0 Å². The van der Waals surface area contributed by atoms with Gasteiger partial charge >= 0.3 is 12.4 Å². The maximum Gasteiger partial charge on any atom is 0.573 e. The molecule has 2 aromatic carbocycles. The molecule has 2 heterocycles. The van der Waals surface area contributed by atoms with Crippen molar-refractivity contribution in [3.63, 3.8) is 0 Å². The molecule has 0 saturated heterocycles. The number of aromatic nitrogens is 4. The largest absolute Gasteiger partial charge is 0.573 e. The zero-order valence-corrected chi connectivity index (χ0v) is 19.5. The second kappa shape index (κ2) is 10.5. The molecule has 36 heavy (non-hydrogen) atoms. The summed E-state index contributed by atoms with van der Waals surface area (Å²) in [6, 6.07) is 15.7. The third kappa shape index (κ3) is 6.38. The number of carbonyl (C=O) groups is 1. The molecular weight excluding hydrogens is 473 g/mol. The van der Waals surface area contributed by atoms with Crippen molar-refractivity contribution in [2.75, 3.05) is 5.32 Å². The summed E-state index contributed by atoms with van der Waals surface area (Å²) in [6.45, 7) is 4.07. The first-order chi connectivity index (χ1) is 17.2. The Labute approximate surface area is 205 Å². The first kappa shape index (κ1) is 24.7. The number of ether oxygens (including phenoxy) is 1. The van der Waals surface area contributed by atoms with Gasteiger partial charge in [-0.05, 0) is 55.8 Å². The Bertz CT molecular complexity index is 1310. The molecule has 0 aliphatic heterocycles. The maximum atomic E-state index is 13.0. The number of benzene rings is 2. The van der Waals surface area contributed by atoms with E-state index >= 15 is 0 Å². The van der Waals surface area contributed by atoms with E-state index < -0.39 is 6.36 Å². The van der Waals surface area contributed by atoms with E-state index in [0.717, 1.165) is 23.3 Å². The lowest BCUT2D eigenvalue weighted by Crippen LogP contribution is -2.39. The highest BCUT2D eigenvalue weighted by Gasteiger charge is 2.31. The SMILES string of the molecule is CC(C)N(Cc1cccc(-c2cc(-n3cccn3)ncn2)c1)C(=O)Nc1ccc(OC(F)(F)F)cc1. The lowest BCUT2D eigenvalue weighted by Gasteiger charge is -2.27. The fraction of sp³-hybridized carbons (Fsp3) is 0.200. The van der Waals surface area contributed by atoms with E-state index in [-0.39, 0.29) is 17.8 Å². The highest BCUT2D eigenvalue weighted by molar-refractivity contribution is 5.89. The quantitative estimate of drug-likeness (QED) is 0.356. The molecule has 186 valence electrons. The molecule has 2 aromatic heterocycles. The third-order valence-corrected chi connectivity index (χ3v) is 5.19. The standard InChI is InChI=1S/C25H23F3N6O2/c1-17(2)33(24(35)32-20-7-9-21(10-8-20)36-25(26,27)28)15-18-5-3-6-19(13-18)22-14-23(30-16-29-22)34-12-4-11-31-34/h3-14,16-17H,15H2,1-2H3,(H,32,35). The Balaban J connectivity index is 1.48. The molecule has 0 atom stereocenters. The highest BCUT2D eigenvalue weighted by atomic mass is 19.4. The molecule has 8 nitrogen and oxygen atoms in total. The number of alkyl halides is 3. The van der Waals surface area contributed by atoms with Crippen LogP contribution in [0.15, 0.2) is 79.4 Å². The molecule has 1 N–H and O–H groups in total. The number of rotatable bonds is 7. The van der Waals surface area contributed by atoms with Crippen LogP contribution in [0.25, 0.3) is 17.1 Å². The van der Waals surface area contributed by atoms with Gasteiger partial charge in [0.2, 0.25) is 0 Å². The van der Waals surface area contributed by atoms with E-state index in [0.29, 0.717) is 23.7 Å². The second-order valence-electron chi connectivity index (χ2n) is 8.14. The van der Waals surface area contributed by atoms with Gasteiger partial charge in [0.15, 0.2) is 5.82 Å². The van der Waals surface area contributed by atoms with E-state index in [1.165, 1.54) is 18.5 Å². The number of nitrogens with one attached hydrogen (secondary N) is 1. The van der Waals surface area contributed by atoms with Crippen molar-refractivity contribution in [3.05, 3.63) is 84.9 Å². The fourth-order valence-electron chi connectivity index (χ4n) is 3.48. The van der Waals surface area contributed by atoms with Gasteiger partial charge in [-0.2, -0.15) is 5.10 Å². The minimum atomic E-state index is -4.78. The van der Waals surface area contributed by atoms with Gasteiger partial charge in [-0.25, -0.2) is 19.4 Å². The predicted molar refractivity (Wildman–Crippen MR) is 127 cm³/mol. The summed E-state index contributed by atoms with van der Waals surface area (Å²) < 4.78 is 42.6. The van der Waals surface area contributed by atoms with Gasteiger partial charge in [-0.3, -0.25) is 0 Å². The minimum absolute atomic E-state index is 0.146. The van der Waals surface area contributed by atoms with E-state index in [4.69, 9.17) is 0 Å². The number of hydrogen-bond acceptors (Lipinski definition) is 5. The van der Waals surface area contributed by atoms with Crippen LogP contribution >= 0.6 is 0 Å². The number of nitrogens with zero attached hydrogens (tertiary/aromatic N) is 5. The van der Waals surface area contributed by atoms with E-state index in [1.807, 2.05) is 44.2 Å². The smallest absolute Gasteiger partial charge is 0.406 e. The number of hydrogen-bond donors (Lipinski definition) is 1. The van der Waals surface area contributed by atoms with Gasteiger partial charge < -0.3 is 15.0 Å². The molecule has 0 aliphatic carbocycles. The first-order valence-corrected chi connectivity index (χ1v) is 11.0. The summed E-state index contributed by atoms with van der Waals surface area (Å²) in [7, 11) is 0. The van der Waals surface area contributed by atoms with Crippen molar-refractivity contribution in [2.45, 2.75) is 32.8 Å². The Morgan fingerprint density at radius 3 is 2.53 bits per heavy atom. The zero-order chi connectivity index (χ0) is 25.7. The maximum absolute atomic E-state index is 13.0. The lowest BCUT2D eigenvalue weighted by atomic mass is 10.1. The van der Waals surface area contributed by atoms with Gasteiger partial charge in [0.25, 0.3) is 0 Å². The zero-order valence-electron chi connectivity index (χ0n) is 19.5. The monoisotopic (exact) mass is 496 g/mol. The molecule has 11 heteroatoms. The highest BCUT2D eigenvalue weighted by Crippen LogP contribution is 2.25. The van der Waals surface area contributed by atoms with E-state index in [1.54, 1.807) is 28.0 Å². The van der Waals surface area contributed by atoms with Gasteiger partial charge in [-0.15, -0.1) is 13.2 Å². The Hall–Kier alpha value is -4.41. The molecule has 4 rings (SSSR count). The molecule has 0 spiro atoms. The molecule has 0 aliphatic rings. The molecule has 0 unspecified atom stereocenters. The average molecular weight is 496 g/mol. The van der Waals surface area contributed by atoms with Gasteiger partial charge in [0.1, 0.15) is 12.1 Å². The lowest BCUT2D eigenvalue weighted by molar-refractivity contribution is -0.274. The second-order valence-corrected chi connectivity index (χ2v) is 8.14. The summed E-state index contributed by atoms with van der Waals surface area (Å²) in [5.74, 6) is 0.267. The van der Waals surface area contributed by atoms with Crippen LogP contribution in [0.2, 0.25) is 0 Å². The summed E-state index contributed by atoms with van der Waals surface area (Å²) >= 11 is 0. The number of halogens is 3. The predicted octanol–water partition coefficient (Wildman–Crippen LogP) is 5.67. The van der Waals surface area contributed by atoms with E-state index in [9.17, 15) is 18.0 Å². The van der Waals surface area contributed by atoms with Crippen molar-refractivity contribution >= 4 is 11.7 Å². The van der Waals surface area contributed by atoms with Crippen LogP contribution in [-0.4, -0.2) is 43.1 Å². The summed E-state index contributed by atoms with van der Waals surface area (Å²) in [5, 5.41) is 6.91. The number of amides is 2. The molecule has 2 amide bonds. The average Bonchev–Trinajstić information content (AvgIpc) is 3.38. The molecule has 0 radical (unpaired) electrons.